The van der Waals surface area contributed by atoms with Gasteiger partial charge < -0.3 is 27.9 Å². The SMILES string of the molecule is CCCCCCCC/C=C/C/C=C/CCCCC(=O)OC[C@H](COP(=O)([O-])OCC[N+](C)(C)C)OC(=O)CCCCCCCCCCCCCCCCCCCCCCCC. The van der Waals surface area contributed by atoms with Crippen molar-refractivity contribution in [2.45, 2.75) is 245 Å². The molecular formula is C51H98NO8P. The number of unbranched alkanes of at least 4 members (excludes halogenated alkanes) is 29. The fourth-order valence-electron chi connectivity index (χ4n) is 7.22. The number of carbonyl (C=O) groups is 2. The van der Waals surface area contributed by atoms with Gasteiger partial charge in [-0.3, -0.25) is 14.2 Å². The second kappa shape index (κ2) is 43.7. The van der Waals surface area contributed by atoms with E-state index in [-0.39, 0.29) is 26.1 Å². The highest BCUT2D eigenvalue weighted by molar-refractivity contribution is 7.45. The van der Waals surface area contributed by atoms with Crippen LogP contribution in [0.3, 0.4) is 0 Å². The lowest BCUT2D eigenvalue weighted by atomic mass is 10.0. The molecule has 0 amide bonds. The molecule has 0 saturated carbocycles. The van der Waals surface area contributed by atoms with E-state index < -0.39 is 32.5 Å². The second-order valence-electron chi connectivity index (χ2n) is 18.5. The van der Waals surface area contributed by atoms with Gasteiger partial charge in [-0.15, -0.1) is 0 Å². The van der Waals surface area contributed by atoms with Crippen LogP contribution < -0.4 is 4.89 Å². The van der Waals surface area contributed by atoms with Crippen LogP contribution in [0, 0.1) is 0 Å². The quantitative estimate of drug-likeness (QED) is 0.0195. The minimum absolute atomic E-state index is 0.0334. The molecule has 2 atom stereocenters. The summed E-state index contributed by atoms with van der Waals surface area (Å²) >= 11 is 0. The van der Waals surface area contributed by atoms with Gasteiger partial charge in [0.25, 0.3) is 7.82 Å². The molecule has 10 heteroatoms. The largest absolute Gasteiger partial charge is 0.756 e. The number of quaternary nitrogens is 1. The minimum atomic E-state index is -4.63. The summed E-state index contributed by atoms with van der Waals surface area (Å²) in [7, 11) is 1.16. The van der Waals surface area contributed by atoms with E-state index in [0.29, 0.717) is 23.9 Å². The Morgan fingerprint density at radius 1 is 0.508 bits per heavy atom. The minimum Gasteiger partial charge on any atom is -0.756 e. The molecule has 9 nitrogen and oxygen atoms in total. The fourth-order valence-corrected chi connectivity index (χ4v) is 7.94. The first-order valence-corrected chi connectivity index (χ1v) is 27.0. The van der Waals surface area contributed by atoms with E-state index >= 15 is 0 Å². The van der Waals surface area contributed by atoms with Crippen LogP contribution in [-0.2, 0) is 32.7 Å². The smallest absolute Gasteiger partial charge is 0.306 e. The molecule has 0 spiro atoms. The maximum absolute atomic E-state index is 12.7. The van der Waals surface area contributed by atoms with Crippen LogP contribution in [0.5, 0.6) is 0 Å². The number of phosphoric ester groups is 1. The van der Waals surface area contributed by atoms with E-state index in [2.05, 4.69) is 38.2 Å². The highest BCUT2D eigenvalue weighted by Crippen LogP contribution is 2.38. The van der Waals surface area contributed by atoms with Crippen LogP contribution in [0.4, 0.5) is 0 Å². The van der Waals surface area contributed by atoms with Crippen LogP contribution in [0.15, 0.2) is 24.3 Å². The predicted molar refractivity (Wildman–Crippen MR) is 254 cm³/mol. The molecule has 0 aromatic carbocycles. The standard InChI is InChI=1S/C51H98NO8P/c1-6-8-10-12-14-16-18-20-22-23-24-25-26-27-28-30-32-34-36-38-40-42-44-51(54)60-49(48-59-61(55,56)58-46-45-52(3,4)5)47-57-50(53)43-41-39-37-35-33-31-29-21-19-17-15-13-11-9-7-2/h21,29,33,35,49H,6-20,22-28,30-32,34,36-48H2,1-5H3/b29-21+,35-33+/t49-/m1/s1. The number of nitrogens with zero attached hydrogens (tertiary/aromatic N) is 1. The van der Waals surface area contributed by atoms with E-state index in [1.165, 1.54) is 161 Å². The van der Waals surface area contributed by atoms with E-state index in [1.54, 1.807) is 0 Å². The van der Waals surface area contributed by atoms with Gasteiger partial charge in [0.1, 0.15) is 19.8 Å². The number of hydrogen-bond donors (Lipinski definition) is 0. The highest BCUT2D eigenvalue weighted by Gasteiger charge is 2.21. The third-order valence-electron chi connectivity index (χ3n) is 11.2. The normalized spacial score (nSPS) is 13.6. The first-order chi connectivity index (χ1) is 29.5. The summed E-state index contributed by atoms with van der Waals surface area (Å²) in [6, 6.07) is 0. The van der Waals surface area contributed by atoms with E-state index in [9.17, 15) is 19.0 Å². The number of allylic oxidation sites excluding steroid dienone is 4. The second-order valence-corrected chi connectivity index (χ2v) is 20.0. The summed E-state index contributed by atoms with van der Waals surface area (Å²) in [6.07, 6.45) is 49.3. The summed E-state index contributed by atoms with van der Waals surface area (Å²) in [6.45, 7) is 4.22. The molecule has 1 unspecified atom stereocenters. The first-order valence-electron chi connectivity index (χ1n) is 25.5. The number of carbonyl (C=O) groups excluding carboxylic acids is 2. The van der Waals surface area contributed by atoms with Gasteiger partial charge in [0.15, 0.2) is 6.10 Å². The maximum atomic E-state index is 12.7. The Labute approximate surface area is 377 Å². The van der Waals surface area contributed by atoms with Crippen LogP contribution in [0.25, 0.3) is 0 Å². The number of ether oxygens (including phenoxy) is 2. The van der Waals surface area contributed by atoms with Crippen molar-refractivity contribution in [1.29, 1.82) is 0 Å². The summed E-state index contributed by atoms with van der Waals surface area (Å²) in [4.78, 5) is 37.7. The number of phosphoric acid groups is 1. The summed E-state index contributed by atoms with van der Waals surface area (Å²) < 4.78 is 34.0. The summed E-state index contributed by atoms with van der Waals surface area (Å²) in [5.74, 6) is -0.861. The average molecular weight is 884 g/mol. The van der Waals surface area contributed by atoms with Crippen LogP contribution in [0.1, 0.15) is 239 Å². The number of esters is 2. The van der Waals surface area contributed by atoms with Gasteiger partial charge in [0, 0.05) is 12.8 Å². The van der Waals surface area contributed by atoms with Crippen LogP contribution >= 0.6 is 7.82 Å². The first kappa shape index (κ1) is 59.5. The molecule has 0 radical (unpaired) electrons. The van der Waals surface area contributed by atoms with Crippen LogP contribution in [-0.4, -0.2) is 70.0 Å². The molecule has 0 aliphatic rings. The van der Waals surface area contributed by atoms with Gasteiger partial charge in [-0.05, 0) is 44.9 Å². The number of rotatable bonds is 47. The molecule has 0 N–H and O–H groups in total. The zero-order valence-electron chi connectivity index (χ0n) is 40.6. The molecule has 61 heavy (non-hydrogen) atoms. The molecule has 0 heterocycles. The number of hydrogen-bond acceptors (Lipinski definition) is 8. The molecule has 0 aromatic heterocycles. The van der Waals surface area contributed by atoms with Crippen molar-refractivity contribution in [2.75, 3.05) is 47.5 Å². The summed E-state index contributed by atoms with van der Waals surface area (Å²) in [5, 5.41) is 0. The predicted octanol–water partition coefficient (Wildman–Crippen LogP) is 14.5. The van der Waals surface area contributed by atoms with E-state index in [4.69, 9.17) is 18.5 Å². The van der Waals surface area contributed by atoms with Crippen molar-refractivity contribution in [3.8, 4) is 0 Å². The van der Waals surface area contributed by atoms with Gasteiger partial charge in [0.2, 0.25) is 0 Å². The topological polar surface area (TPSA) is 111 Å². The van der Waals surface area contributed by atoms with Gasteiger partial charge in [-0.1, -0.05) is 205 Å². The van der Waals surface area contributed by atoms with Gasteiger partial charge in [0.05, 0.1) is 27.7 Å². The molecule has 0 aromatic rings. The van der Waals surface area contributed by atoms with Gasteiger partial charge in [-0.2, -0.15) is 0 Å². The van der Waals surface area contributed by atoms with Crippen molar-refractivity contribution in [1.82, 2.24) is 0 Å². The Hall–Kier alpha value is -1.51. The van der Waals surface area contributed by atoms with Crippen molar-refractivity contribution in [3.05, 3.63) is 24.3 Å². The molecule has 0 aliphatic carbocycles. The monoisotopic (exact) mass is 884 g/mol. The number of likely N-dealkylation sites (N-methyl/N-ethyl adjacent to an activating group) is 1. The van der Waals surface area contributed by atoms with Crippen molar-refractivity contribution in [3.63, 3.8) is 0 Å². The molecule has 0 fully saturated rings. The third kappa shape index (κ3) is 47.8. The van der Waals surface area contributed by atoms with Gasteiger partial charge in [-0.25, -0.2) is 0 Å². The lowest BCUT2D eigenvalue weighted by Gasteiger charge is -2.28. The highest BCUT2D eigenvalue weighted by atomic mass is 31.2. The fraction of sp³-hybridized carbons (Fsp3) is 0.882. The Morgan fingerprint density at radius 3 is 1.33 bits per heavy atom. The zero-order chi connectivity index (χ0) is 45.0. The Balaban J connectivity index is 4.24. The molecule has 0 aliphatic heterocycles. The molecule has 0 saturated heterocycles. The molecular weight excluding hydrogens is 786 g/mol. The average Bonchev–Trinajstić information content (AvgIpc) is 3.21. The van der Waals surface area contributed by atoms with E-state index in [0.717, 1.165) is 38.5 Å². The van der Waals surface area contributed by atoms with Crippen molar-refractivity contribution < 1.29 is 42.1 Å². The molecule has 0 bridgehead atoms. The molecule has 360 valence electrons. The lowest BCUT2D eigenvalue weighted by molar-refractivity contribution is -0.870. The van der Waals surface area contributed by atoms with Crippen LogP contribution in [0.2, 0.25) is 0 Å². The molecule has 0 rings (SSSR count). The Morgan fingerprint density at radius 2 is 0.885 bits per heavy atom. The zero-order valence-corrected chi connectivity index (χ0v) is 41.5. The van der Waals surface area contributed by atoms with Crippen molar-refractivity contribution in [2.24, 2.45) is 0 Å². The van der Waals surface area contributed by atoms with E-state index in [1.807, 2.05) is 21.1 Å². The lowest BCUT2D eigenvalue weighted by Crippen LogP contribution is -2.37. The maximum Gasteiger partial charge on any atom is 0.306 e. The van der Waals surface area contributed by atoms with Gasteiger partial charge >= 0.3 is 11.9 Å². The Kier molecular flexibility index (Phi) is 42.6. The Bertz CT molecular complexity index is 1090. The third-order valence-corrected chi connectivity index (χ3v) is 12.2. The summed E-state index contributed by atoms with van der Waals surface area (Å²) in [5.41, 5.74) is 0. The van der Waals surface area contributed by atoms with Crippen molar-refractivity contribution >= 4 is 19.8 Å².